The fraction of sp³-hybridized carbons (Fsp3) is 0.294. The summed E-state index contributed by atoms with van der Waals surface area (Å²) in [5, 5.41) is 0.684. The summed E-state index contributed by atoms with van der Waals surface area (Å²) >= 11 is 12.0. The molecule has 0 unspecified atom stereocenters. The zero-order valence-corrected chi connectivity index (χ0v) is 14.4. The summed E-state index contributed by atoms with van der Waals surface area (Å²) < 4.78 is 5.43. The van der Waals surface area contributed by atoms with Gasteiger partial charge in [-0.25, -0.2) is 0 Å². The Morgan fingerprint density at radius 1 is 1.17 bits per heavy atom. The summed E-state index contributed by atoms with van der Waals surface area (Å²) in [6, 6.07) is 6.52. The fourth-order valence-corrected chi connectivity index (χ4v) is 3.12. The van der Waals surface area contributed by atoms with Gasteiger partial charge in [0.25, 0.3) is 5.91 Å². The average molecular weight is 367 g/mol. The van der Waals surface area contributed by atoms with E-state index in [9.17, 15) is 9.59 Å². The number of nitrogens with one attached hydrogen (secondary N) is 1. The van der Waals surface area contributed by atoms with E-state index >= 15 is 0 Å². The molecule has 126 valence electrons. The van der Waals surface area contributed by atoms with Gasteiger partial charge in [0, 0.05) is 24.8 Å². The van der Waals surface area contributed by atoms with Gasteiger partial charge in [-0.2, -0.15) is 0 Å². The van der Waals surface area contributed by atoms with Crippen molar-refractivity contribution >= 4 is 34.9 Å². The molecule has 1 fully saturated rings. The molecule has 1 aliphatic rings. The van der Waals surface area contributed by atoms with Crippen molar-refractivity contribution in [3.8, 4) is 5.75 Å². The van der Waals surface area contributed by atoms with Crippen LogP contribution in [0, 0.1) is 0 Å². The Morgan fingerprint density at radius 3 is 2.50 bits per heavy atom. The lowest BCUT2D eigenvalue weighted by Gasteiger charge is -2.13. The minimum Gasteiger partial charge on any atom is -0.482 e. The summed E-state index contributed by atoms with van der Waals surface area (Å²) in [6.45, 7) is 1.31. The van der Waals surface area contributed by atoms with Gasteiger partial charge in [0.2, 0.25) is 5.78 Å². The first-order valence-corrected chi connectivity index (χ1v) is 8.39. The third kappa shape index (κ3) is 3.57. The number of carbonyl (C=O) groups excluding carboxylic acids is 2. The molecule has 0 atom stereocenters. The van der Waals surface area contributed by atoms with Gasteiger partial charge in [-0.15, -0.1) is 0 Å². The highest BCUT2D eigenvalue weighted by molar-refractivity contribution is 6.37. The second-order valence-electron chi connectivity index (χ2n) is 5.56. The van der Waals surface area contributed by atoms with Crippen molar-refractivity contribution in [3.05, 3.63) is 51.8 Å². The smallest absolute Gasteiger partial charge is 0.270 e. The maximum absolute atomic E-state index is 12.3. The van der Waals surface area contributed by atoms with Crippen LogP contribution in [0.1, 0.15) is 33.7 Å². The number of amides is 1. The molecule has 2 heterocycles. The number of aromatic nitrogens is 1. The predicted molar refractivity (Wildman–Crippen MR) is 92.2 cm³/mol. The quantitative estimate of drug-likeness (QED) is 0.818. The third-order valence-electron chi connectivity index (χ3n) is 3.90. The van der Waals surface area contributed by atoms with E-state index in [0.717, 1.165) is 25.9 Å². The molecule has 0 bridgehead atoms. The number of ketones is 1. The van der Waals surface area contributed by atoms with Crippen LogP contribution in [0.2, 0.25) is 10.0 Å². The number of aromatic amines is 1. The molecule has 0 saturated carbocycles. The number of ether oxygens (including phenoxy) is 1. The number of nitrogens with zero attached hydrogens (tertiary/aromatic N) is 1. The number of halogens is 2. The molecule has 1 N–H and O–H groups in total. The van der Waals surface area contributed by atoms with Crippen LogP contribution < -0.4 is 4.74 Å². The summed E-state index contributed by atoms with van der Waals surface area (Å²) in [5.74, 6) is -0.0672. The number of likely N-dealkylation sites (tertiary alicyclic amines) is 1. The second kappa shape index (κ2) is 7.28. The van der Waals surface area contributed by atoms with Crippen LogP contribution in [0.4, 0.5) is 0 Å². The Bertz CT molecular complexity index is 747. The molecule has 0 radical (unpaired) electrons. The molecule has 1 aliphatic heterocycles. The van der Waals surface area contributed by atoms with Gasteiger partial charge < -0.3 is 14.6 Å². The first-order chi connectivity index (χ1) is 11.6. The van der Waals surface area contributed by atoms with Crippen LogP contribution >= 0.6 is 23.2 Å². The standard InChI is InChI=1S/C17H16Cl2N2O3/c18-12-4-3-5-13(19)16(12)24-10-15(22)11-8-14(20-9-11)17(23)21-6-1-2-7-21/h3-5,8-9,20H,1-2,6-7,10H2. The molecule has 2 aromatic rings. The minimum atomic E-state index is -0.261. The number of benzene rings is 1. The van der Waals surface area contributed by atoms with Gasteiger partial charge in [-0.1, -0.05) is 29.3 Å². The van der Waals surface area contributed by atoms with Crippen molar-refractivity contribution < 1.29 is 14.3 Å². The van der Waals surface area contributed by atoms with Crippen LogP contribution in [-0.4, -0.2) is 41.3 Å². The lowest BCUT2D eigenvalue weighted by molar-refractivity contribution is 0.0787. The molecule has 3 rings (SSSR count). The van der Waals surface area contributed by atoms with Gasteiger partial charge >= 0.3 is 0 Å². The first-order valence-electron chi connectivity index (χ1n) is 7.64. The summed E-state index contributed by atoms with van der Waals surface area (Å²) in [7, 11) is 0. The molecule has 1 aromatic carbocycles. The number of hydrogen-bond donors (Lipinski definition) is 1. The van der Waals surface area contributed by atoms with Crippen molar-refractivity contribution in [2.24, 2.45) is 0 Å². The molecule has 0 aliphatic carbocycles. The first kappa shape index (κ1) is 16.9. The van der Waals surface area contributed by atoms with E-state index in [0.29, 0.717) is 21.3 Å². The number of H-pyrrole nitrogens is 1. The van der Waals surface area contributed by atoms with E-state index in [1.54, 1.807) is 29.2 Å². The molecule has 0 spiro atoms. The molecule has 1 aromatic heterocycles. The van der Waals surface area contributed by atoms with E-state index in [2.05, 4.69) is 4.98 Å². The molecule has 1 saturated heterocycles. The molecule has 1 amide bonds. The lowest BCUT2D eigenvalue weighted by Crippen LogP contribution is -2.27. The summed E-state index contributed by atoms with van der Waals surface area (Å²) in [5.41, 5.74) is 0.803. The van der Waals surface area contributed by atoms with Crippen LogP contribution in [0.5, 0.6) is 5.75 Å². The van der Waals surface area contributed by atoms with Crippen molar-refractivity contribution in [1.82, 2.24) is 9.88 Å². The van der Waals surface area contributed by atoms with Crippen LogP contribution in [0.3, 0.4) is 0 Å². The van der Waals surface area contributed by atoms with Crippen molar-refractivity contribution in [3.63, 3.8) is 0 Å². The zero-order chi connectivity index (χ0) is 17.1. The Hall–Kier alpha value is -1.98. The lowest BCUT2D eigenvalue weighted by atomic mass is 10.2. The predicted octanol–water partition coefficient (Wildman–Crippen LogP) is 3.82. The molecule has 7 heteroatoms. The molecule has 24 heavy (non-hydrogen) atoms. The number of rotatable bonds is 5. The monoisotopic (exact) mass is 366 g/mol. The number of Topliss-reactive ketones (excluding diaryl/α,β-unsaturated/α-hetero) is 1. The van der Waals surface area contributed by atoms with Gasteiger partial charge in [-0.3, -0.25) is 9.59 Å². The largest absolute Gasteiger partial charge is 0.482 e. The molecule has 5 nitrogen and oxygen atoms in total. The topological polar surface area (TPSA) is 62.4 Å². The highest BCUT2D eigenvalue weighted by atomic mass is 35.5. The van der Waals surface area contributed by atoms with Crippen molar-refractivity contribution in [1.29, 1.82) is 0 Å². The van der Waals surface area contributed by atoms with Crippen LogP contribution in [0.15, 0.2) is 30.5 Å². The highest BCUT2D eigenvalue weighted by Gasteiger charge is 2.22. The summed E-state index contributed by atoms with van der Waals surface area (Å²) in [6.07, 6.45) is 3.55. The Balaban J connectivity index is 1.64. The van der Waals surface area contributed by atoms with Gasteiger partial charge in [0.1, 0.15) is 5.69 Å². The van der Waals surface area contributed by atoms with E-state index in [1.165, 1.54) is 6.20 Å². The number of carbonyl (C=O) groups is 2. The molecular formula is C17H16Cl2N2O3. The number of para-hydroxylation sites is 1. The van der Waals surface area contributed by atoms with E-state index in [1.807, 2.05) is 0 Å². The van der Waals surface area contributed by atoms with Gasteiger partial charge in [0.15, 0.2) is 12.4 Å². The van der Waals surface area contributed by atoms with Gasteiger partial charge in [-0.05, 0) is 31.0 Å². The van der Waals surface area contributed by atoms with E-state index in [4.69, 9.17) is 27.9 Å². The Kier molecular flexibility index (Phi) is 5.11. The third-order valence-corrected chi connectivity index (χ3v) is 4.49. The number of hydrogen-bond acceptors (Lipinski definition) is 3. The SMILES string of the molecule is O=C(COc1c(Cl)cccc1Cl)c1c[nH]c(C(=O)N2CCCC2)c1. The van der Waals surface area contributed by atoms with E-state index < -0.39 is 0 Å². The maximum atomic E-state index is 12.3. The van der Waals surface area contributed by atoms with Gasteiger partial charge in [0.05, 0.1) is 10.0 Å². The molecular weight excluding hydrogens is 351 g/mol. The normalized spacial score (nSPS) is 14.0. The van der Waals surface area contributed by atoms with Crippen molar-refractivity contribution in [2.75, 3.05) is 19.7 Å². The maximum Gasteiger partial charge on any atom is 0.270 e. The zero-order valence-electron chi connectivity index (χ0n) is 12.9. The minimum absolute atomic E-state index is 0.0818. The average Bonchev–Trinajstić information content (AvgIpc) is 3.25. The Labute approximate surface area is 149 Å². The summed E-state index contributed by atoms with van der Waals surface area (Å²) in [4.78, 5) is 29.2. The van der Waals surface area contributed by atoms with Crippen LogP contribution in [-0.2, 0) is 0 Å². The fourth-order valence-electron chi connectivity index (χ4n) is 2.61. The van der Waals surface area contributed by atoms with Crippen LogP contribution in [0.25, 0.3) is 0 Å². The Morgan fingerprint density at radius 2 is 1.83 bits per heavy atom. The highest BCUT2D eigenvalue weighted by Crippen LogP contribution is 2.32. The second-order valence-corrected chi connectivity index (χ2v) is 6.38. The van der Waals surface area contributed by atoms with E-state index in [-0.39, 0.29) is 24.0 Å². The van der Waals surface area contributed by atoms with Crippen molar-refractivity contribution in [2.45, 2.75) is 12.8 Å².